The van der Waals surface area contributed by atoms with E-state index in [0.717, 1.165) is 0 Å². The minimum Gasteiger partial charge on any atom is -0.309 e. The molecule has 0 radical (unpaired) electrons. The molecule has 10 rings (SSSR count). The van der Waals surface area contributed by atoms with Crippen molar-refractivity contribution in [1.29, 1.82) is 0 Å². The van der Waals surface area contributed by atoms with Crippen LogP contribution in [0.1, 0.15) is 0 Å². The van der Waals surface area contributed by atoms with Gasteiger partial charge in [-0.15, -0.1) is 11.3 Å². The number of aromatic nitrogens is 2. The van der Waals surface area contributed by atoms with Crippen LogP contribution in [-0.2, 0) is 0 Å². The van der Waals surface area contributed by atoms with Crippen molar-refractivity contribution in [2.45, 2.75) is 0 Å². The fourth-order valence-electron chi connectivity index (χ4n) is 7.32. The lowest BCUT2D eigenvalue weighted by Crippen LogP contribution is -1.96. The summed E-state index contributed by atoms with van der Waals surface area (Å²) in [7, 11) is 0. The average molecular weight is 591 g/mol. The zero-order valence-corrected chi connectivity index (χ0v) is 25.1. The molecule has 0 aliphatic rings. The Morgan fingerprint density at radius 1 is 0.311 bits per heavy atom. The predicted octanol–water partition coefficient (Wildman–Crippen LogP) is 11.9. The number of fused-ring (bicyclic) bond motifs is 9. The Kier molecular flexibility index (Phi) is 5.19. The molecule has 0 N–H and O–H groups in total. The van der Waals surface area contributed by atoms with E-state index >= 15 is 0 Å². The molecule has 0 saturated heterocycles. The van der Waals surface area contributed by atoms with E-state index in [-0.39, 0.29) is 0 Å². The van der Waals surface area contributed by atoms with Crippen LogP contribution >= 0.6 is 11.3 Å². The van der Waals surface area contributed by atoms with Gasteiger partial charge in [0.05, 0.1) is 22.1 Å². The fourth-order valence-corrected chi connectivity index (χ4v) is 8.44. The van der Waals surface area contributed by atoms with Crippen LogP contribution in [0.5, 0.6) is 0 Å². The van der Waals surface area contributed by atoms with E-state index in [1.165, 1.54) is 86.3 Å². The van der Waals surface area contributed by atoms with Gasteiger partial charge in [-0.2, -0.15) is 0 Å². The molecule has 0 atom stereocenters. The molecule has 0 unspecified atom stereocenters. The van der Waals surface area contributed by atoms with Crippen molar-refractivity contribution in [3.8, 4) is 22.5 Å². The first kappa shape index (κ1) is 24.8. The summed E-state index contributed by atoms with van der Waals surface area (Å²) >= 11 is 1.88. The van der Waals surface area contributed by atoms with E-state index in [1.807, 2.05) is 11.3 Å². The van der Waals surface area contributed by atoms with Gasteiger partial charge in [0.25, 0.3) is 0 Å². The highest BCUT2D eigenvalue weighted by molar-refractivity contribution is 7.25. The van der Waals surface area contributed by atoms with Crippen molar-refractivity contribution in [3.05, 3.63) is 158 Å². The normalized spacial score (nSPS) is 12.0. The highest BCUT2D eigenvalue weighted by atomic mass is 32.1. The third-order valence-corrected chi connectivity index (χ3v) is 10.4. The third kappa shape index (κ3) is 3.62. The Morgan fingerprint density at radius 3 is 1.40 bits per heavy atom. The number of nitrogens with zero attached hydrogens (tertiary/aromatic N) is 2. The lowest BCUT2D eigenvalue weighted by atomic mass is 10.0. The van der Waals surface area contributed by atoms with Gasteiger partial charge < -0.3 is 9.13 Å². The van der Waals surface area contributed by atoms with Crippen LogP contribution in [0.25, 0.3) is 86.3 Å². The molecule has 3 heteroatoms. The van der Waals surface area contributed by atoms with Gasteiger partial charge in [0, 0.05) is 53.1 Å². The minimum absolute atomic E-state index is 1.17. The molecular weight excluding hydrogens is 565 g/mol. The highest BCUT2D eigenvalue weighted by Gasteiger charge is 2.16. The number of hydrogen-bond acceptors (Lipinski definition) is 1. The van der Waals surface area contributed by atoms with Crippen LogP contribution in [0.4, 0.5) is 0 Å². The Hall–Kier alpha value is -5.64. The molecule has 0 bridgehead atoms. The van der Waals surface area contributed by atoms with Crippen molar-refractivity contribution in [2.24, 2.45) is 0 Å². The van der Waals surface area contributed by atoms with Crippen LogP contribution in [0.15, 0.2) is 158 Å². The smallest absolute Gasteiger partial charge is 0.0555 e. The largest absolute Gasteiger partial charge is 0.309 e. The molecule has 0 amide bonds. The van der Waals surface area contributed by atoms with Crippen LogP contribution in [0.3, 0.4) is 0 Å². The summed E-state index contributed by atoms with van der Waals surface area (Å²) in [5.74, 6) is 0. The van der Waals surface area contributed by atoms with Gasteiger partial charge in [0.2, 0.25) is 0 Å². The van der Waals surface area contributed by atoms with Gasteiger partial charge in [-0.1, -0.05) is 97.1 Å². The maximum absolute atomic E-state index is 2.44. The number of hydrogen-bond donors (Lipinski definition) is 0. The lowest BCUT2D eigenvalue weighted by molar-refractivity contribution is 1.17. The maximum Gasteiger partial charge on any atom is 0.0555 e. The van der Waals surface area contributed by atoms with Crippen LogP contribution in [0.2, 0.25) is 0 Å². The maximum atomic E-state index is 2.44. The fraction of sp³-hybridized carbons (Fsp3) is 0. The van der Waals surface area contributed by atoms with Crippen LogP contribution in [0, 0.1) is 0 Å². The molecule has 3 aromatic heterocycles. The summed E-state index contributed by atoms with van der Waals surface area (Å²) in [6.45, 7) is 0. The van der Waals surface area contributed by atoms with E-state index in [1.54, 1.807) is 0 Å². The van der Waals surface area contributed by atoms with Crippen molar-refractivity contribution in [2.75, 3.05) is 0 Å². The highest BCUT2D eigenvalue weighted by Crippen LogP contribution is 2.41. The Morgan fingerprint density at radius 2 is 0.800 bits per heavy atom. The molecule has 45 heavy (non-hydrogen) atoms. The first-order valence-electron chi connectivity index (χ1n) is 15.4. The SMILES string of the molecule is c1cc(-c2cccc(-n3c4ccccc4c4cc5c(cc43)sc3ccccc35)c2)cc(-n2c3ccccc3c3ccccc32)c1. The van der Waals surface area contributed by atoms with Gasteiger partial charge in [0.15, 0.2) is 0 Å². The van der Waals surface area contributed by atoms with Gasteiger partial charge in [-0.25, -0.2) is 0 Å². The second-order valence-electron chi connectivity index (χ2n) is 11.8. The number of benzene rings is 7. The summed E-state index contributed by atoms with van der Waals surface area (Å²) in [4.78, 5) is 0. The van der Waals surface area contributed by atoms with Crippen LogP contribution in [-0.4, -0.2) is 9.13 Å². The van der Waals surface area contributed by atoms with Gasteiger partial charge in [-0.05, 0) is 71.8 Å². The quantitative estimate of drug-likeness (QED) is 0.194. The van der Waals surface area contributed by atoms with Crippen molar-refractivity contribution in [3.63, 3.8) is 0 Å². The molecular formula is C42H26N2S. The van der Waals surface area contributed by atoms with E-state index in [2.05, 4.69) is 167 Å². The molecule has 0 spiro atoms. The summed E-state index contributed by atoms with van der Waals surface area (Å²) in [5, 5.41) is 7.80. The lowest BCUT2D eigenvalue weighted by Gasteiger charge is -2.12. The number of para-hydroxylation sites is 3. The van der Waals surface area contributed by atoms with E-state index in [4.69, 9.17) is 0 Å². The second kappa shape index (κ2) is 9.43. The molecule has 2 nitrogen and oxygen atoms in total. The van der Waals surface area contributed by atoms with Crippen molar-refractivity contribution < 1.29 is 0 Å². The number of rotatable bonds is 3. The molecule has 10 aromatic rings. The average Bonchev–Trinajstić information content (AvgIpc) is 3.74. The topological polar surface area (TPSA) is 9.86 Å². The Bertz CT molecular complexity index is 2720. The molecule has 0 aliphatic heterocycles. The molecule has 0 aliphatic carbocycles. The van der Waals surface area contributed by atoms with E-state index < -0.39 is 0 Å². The summed E-state index contributed by atoms with van der Waals surface area (Å²) < 4.78 is 7.49. The van der Waals surface area contributed by atoms with E-state index in [9.17, 15) is 0 Å². The first-order chi connectivity index (χ1) is 22.3. The van der Waals surface area contributed by atoms with Gasteiger partial charge in [-0.3, -0.25) is 0 Å². The molecule has 3 heterocycles. The van der Waals surface area contributed by atoms with Crippen molar-refractivity contribution in [1.82, 2.24) is 9.13 Å². The predicted molar refractivity (Wildman–Crippen MR) is 193 cm³/mol. The zero-order chi connectivity index (χ0) is 29.5. The van der Waals surface area contributed by atoms with E-state index in [0.29, 0.717) is 0 Å². The Balaban J connectivity index is 1.17. The third-order valence-electron chi connectivity index (χ3n) is 9.29. The standard InChI is InChI=1S/C42H26N2S/c1-5-19-37-31(15-1)32-16-2-6-20-38(32)43(37)29-13-9-11-27(23-29)28-12-10-14-30(24-28)44-39-21-7-3-17-33(39)35-25-36-34-18-4-8-22-41(34)45-42(36)26-40(35)44/h1-26H. The summed E-state index contributed by atoms with van der Waals surface area (Å²) in [6.07, 6.45) is 0. The summed E-state index contributed by atoms with van der Waals surface area (Å²) in [5.41, 5.74) is 9.65. The monoisotopic (exact) mass is 590 g/mol. The molecule has 7 aromatic carbocycles. The van der Waals surface area contributed by atoms with Crippen molar-refractivity contribution >= 4 is 75.1 Å². The zero-order valence-electron chi connectivity index (χ0n) is 24.3. The van der Waals surface area contributed by atoms with Gasteiger partial charge >= 0.3 is 0 Å². The van der Waals surface area contributed by atoms with Crippen LogP contribution < -0.4 is 0 Å². The minimum atomic E-state index is 1.17. The summed E-state index contributed by atoms with van der Waals surface area (Å²) in [6, 6.07) is 57.7. The Labute approximate surface area is 263 Å². The number of thiophene rings is 1. The first-order valence-corrected chi connectivity index (χ1v) is 16.2. The second-order valence-corrected chi connectivity index (χ2v) is 12.9. The van der Waals surface area contributed by atoms with Gasteiger partial charge in [0.1, 0.15) is 0 Å². The molecule has 0 saturated carbocycles. The molecule has 0 fully saturated rings. The molecule has 210 valence electrons.